The number of thioether (sulfide) groups is 1. The van der Waals surface area contributed by atoms with Crippen LogP contribution in [0.15, 0.2) is 34.2 Å². The number of rotatable bonds is 2. The molecule has 2 aliphatic heterocycles. The summed E-state index contributed by atoms with van der Waals surface area (Å²) < 4.78 is 5.32. The molecule has 0 N–H and O–H groups in total. The van der Waals surface area contributed by atoms with Gasteiger partial charge in [-0.1, -0.05) is 18.2 Å². The Hall–Kier alpha value is -1.75. The molecule has 3 rings (SSSR count). The van der Waals surface area contributed by atoms with Crippen LogP contribution in [-0.2, 0) is 4.79 Å². The van der Waals surface area contributed by atoms with E-state index < -0.39 is 0 Å². The molecule has 21 heavy (non-hydrogen) atoms. The topological polar surface area (TPSA) is 41.9 Å². The van der Waals surface area contributed by atoms with E-state index in [1.165, 1.54) is 31.0 Å². The van der Waals surface area contributed by atoms with Crippen molar-refractivity contribution in [3.05, 3.63) is 34.7 Å². The normalized spacial score (nSPS) is 20.8. The van der Waals surface area contributed by atoms with Crippen LogP contribution in [0, 0.1) is 0 Å². The van der Waals surface area contributed by atoms with Crippen LogP contribution in [-0.4, -0.2) is 36.2 Å². The first kappa shape index (κ1) is 14.2. The molecule has 0 aromatic heterocycles. The maximum absolute atomic E-state index is 12.1. The van der Waals surface area contributed by atoms with Gasteiger partial charge >= 0.3 is 0 Å². The van der Waals surface area contributed by atoms with Gasteiger partial charge in [-0.15, -0.1) is 0 Å². The Bertz CT molecular complexity index is 604. The van der Waals surface area contributed by atoms with Crippen molar-refractivity contribution in [2.75, 3.05) is 20.2 Å². The molecule has 0 aliphatic carbocycles. The van der Waals surface area contributed by atoms with Crippen LogP contribution in [0.2, 0.25) is 0 Å². The van der Waals surface area contributed by atoms with Gasteiger partial charge in [-0.3, -0.25) is 4.79 Å². The Morgan fingerprint density at radius 1 is 1.24 bits per heavy atom. The van der Waals surface area contributed by atoms with Gasteiger partial charge in [0.25, 0.3) is 5.91 Å². The number of ether oxygens (including phenoxy) is 1. The van der Waals surface area contributed by atoms with E-state index in [2.05, 4.69) is 9.89 Å². The van der Waals surface area contributed by atoms with Gasteiger partial charge in [-0.2, -0.15) is 4.99 Å². The van der Waals surface area contributed by atoms with Crippen LogP contribution in [0.5, 0.6) is 5.75 Å². The molecule has 110 valence electrons. The Morgan fingerprint density at radius 3 is 2.76 bits per heavy atom. The lowest BCUT2D eigenvalue weighted by molar-refractivity contribution is -0.113. The lowest BCUT2D eigenvalue weighted by Crippen LogP contribution is -2.33. The SMILES string of the molecule is COc1ccccc1/C=C1\SC(N2CCCCC2)=NC1=O. The number of likely N-dealkylation sites (tertiary alicyclic amines) is 1. The van der Waals surface area contributed by atoms with Crippen LogP contribution in [0.4, 0.5) is 0 Å². The summed E-state index contributed by atoms with van der Waals surface area (Å²) in [4.78, 5) is 19.2. The van der Waals surface area contributed by atoms with E-state index >= 15 is 0 Å². The number of methoxy groups -OCH3 is 1. The first-order valence-corrected chi connectivity index (χ1v) is 8.00. The maximum Gasteiger partial charge on any atom is 0.286 e. The lowest BCUT2D eigenvalue weighted by atomic mass is 10.1. The number of carbonyl (C=O) groups is 1. The van der Waals surface area contributed by atoms with Gasteiger partial charge in [-0.05, 0) is 43.2 Å². The summed E-state index contributed by atoms with van der Waals surface area (Å²) in [6, 6.07) is 7.69. The van der Waals surface area contributed by atoms with Crippen molar-refractivity contribution in [2.24, 2.45) is 4.99 Å². The molecular formula is C16H18N2O2S. The molecule has 2 aliphatic rings. The molecule has 5 heteroatoms. The summed E-state index contributed by atoms with van der Waals surface area (Å²) in [7, 11) is 1.64. The van der Waals surface area contributed by atoms with Crippen LogP contribution in [0.3, 0.4) is 0 Å². The number of carbonyl (C=O) groups excluding carboxylic acids is 1. The number of amides is 1. The van der Waals surface area contributed by atoms with E-state index in [0.717, 1.165) is 29.6 Å². The number of hydrogen-bond donors (Lipinski definition) is 0. The second-order valence-electron chi connectivity index (χ2n) is 5.10. The van der Waals surface area contributed by atoms with Crippen molar-refractivity contribution in [1.82, 2.24) is 4.90 Å². The summed E-state index contributed by atoms with van der Waals surface area (Å²) in [5.41, 5.74) is 0.908. The molecular weight excluding hydrogens is 284 g/mol. The molecule has 0 atom stereocenters. The minimum absolute atomic E-state index is 0.147. The fourth-order valence-electron chi connectivity index (χ4n) is 2.55. The maximum atomic E-state index is 12.1. The third-order valence-corrected chi connectivity index (χ3v) is 4.71. The molecule has 1 aromatic carbocycles. The number of amidine groups is 1. The predicted octanol–water partition coefficient (Wildman–Crippen LogP) is 3.15. The second kappa shape index (κ2) is 6.35. The molecule has 0 radical (unpaired) electrons. The monoisotopic (exact) mass is 302 g/mol. The number of benzene rings is 1. The Labute approximate surface area is 128 Å². The highest BCUT2D eigenvalue weighted by atomic mass is 32.2. The minimum Gasteiger partial charge on any atom is -0.496 e. The molecule has 2 heterocycles. The van der Waals surface area contributed by atoms with Crippen molar-refractivity contribution < 1.29 is 9.53 Å². The average Bonchev–Trinajstić information content (AvgIpc) is 2.90. The summed E-state index contributed by atoms with van der Waals surface area (Å²) in [5, 5.41) is 0.848. The first-order chi connectivity index (χ1) is 10.3. The molecule has 0 unspecified atom stereocenters. The van der Waals surface area contributed by atoms with E-state index in [9.17, 15) is 4.79 Å². The number of piperidine rings is 1. The largest absolute Gasteiger partial charge is 0.496 e. The quantitative estimate of drug-likeness (QED) is 0.787. The smallest absolute Gasteiger partial charge is 0.286 e. The zero-order chi connectivity index (χ0) is 14.7. The predicted molar refractivity (Wildman–Crippen MR) is 86.4 cm³/mol. The van der Waals surface area contributed by atoms with Gasteiger partial charge in [0, 0.05) is 18.7 Å². The zero-order valence-corrected chi connectivity index (χ0v) is 12.9. The highest BCUT2D eigenvalue weighted by molar-refractivity contribution is 8.18. The van der Waals surface area contributed by atoms with E-state index in [0.29, 0.717) is 4.91 Å². The van der Waals surface area contributed by atoms with Gasteiger partial charge in [-0.25, -0.2) is 0 Å². The van der Waals surface area contributed by atoms with Crippen molar-refractivity contribution in [1.29, 1.82) is 0 Å². The lowest BCUT2D eigenvalue weighted by Gasteiger charge is -2.27. The zero-order valence-electron chi connectivity index (χ0n) is 12.0. The summed E-state index contributed by atoms with van der Waals surface area (Å²) in [6.07, 6.45) is 5.50. The highest BCUT2D eigenvalue weighted by Gasteiger charge is 2.27. The number of aliphatic imine (C=N–C) groups is 1. The average molecular weight is 302 g/mol. The second-order valence-corrected chi connectivity index (χ2v) is 6.11. The standard InChI is InChI=1S/C16H18N2O2S/c1-20-13-8-4-3-7-12(13)11-14-15(19)17-16(21-14)18-9-5-2-6-10-18/h3-4,7-8,11H,2,5-6,9-10H2,1H3/b14-11-. The number of hydrogen-bond acceptors (Lipinski definition) is 4. The van der Waals surface area contributed by atoms with E-state index in [1.807, 2.05) is 30.3 Å². The summed E-state index contributed by atoms with van der Waals surface area (Å²) >= 11 is 1.47. The Balaban J connectivity index is 1.79. The van der Waals surface area contributed by atoms with Crippen molar-refractivity contribution >= 4 is 28.9 Å². The van der Waals surface area contributed by atoms with Gasteiger partial charge in [0.1, 0.15) is 5.75 Å². The van der Waals surface area contributed by atoms with Gasteiger partial charge < -0.3 is 9.64 Å². The highest BCUT2D eigenvalue weighted by Crippen LogP contribution is 2.33. The number of para-hydroxylation sites is 1. The molecule has 0 spiro atoms. The third-order valence-electron chi connectivity index (χ3n) is 3.66. The Kier molecular flexibility index (Phi) is 4.29. The molecule has 1 fully saturated rings. The van der Waals surface area contributed by atoms with Crippen LogP contribution < -0.4 is 4.74 Å². The van der Waals surface area contributed by atoms with Crippen LogP contribution in [0.1, 0.15) is 24.8 Å². The van der Waals surface area contributed by atoms with Crippen LogP contribution >= 0.6 is 11.8 Å². The molecule has 1 aromatic rings. The molecule has 1 saturated heterocycles. The van der Waals surface area contributed by atoms with E-state index in [-0.39, 0.29) is 5.91 Å². The van der Waals surface area contributed by atoms with Gasteiger partial charge in [0.05, 0.1) is 12.0 Å². The molecule has 1 amide bonds. The number of nitrogens with zero attached hydrogens (tertiary/aromatic N) is 2. The molecule has 0 saturated carbocycles. The summed E-state index contributed by atoms with van der Waals surface area (Å²) in [5.74, 6) is 0.622. The third kappa shape index (κ3) is 3.13. The molecule has 4 nitrogen and oxygen atoms in total. The van der Waals surface area contributed by atoms with Crippen molar-refractivity contribution in [3.63, 3.8) is 0 Å². The van der Waals surface area contributed by atoms with E-state index in [4.69, 9.17) is 4.74 Å². The van der Waals surface area contributed by atoms with Crippen molar-refractivity contribution in [2.45, 2.75) is 19.3 Å². The minimum atomic E-state index is -0.147. The summed E-state index contributed by atoms with van der Waals surface area (Å²) in [6.45, 7) is 2.00. The van der Waals surface area contributed by atoms with E-state index in [1.54, 1.807) is 7.11 Å². The first-order valence-electron chi connectivity index (χ1n) is 7.18. The van der Waals surface area contributed by atoms with Crippen molar-refractivity contribution in [3.8, 4) is 5.75 Å². The molecule has 0 bridgehead atoms. The Morgan fingerprint density at radius 2 is 2.00 bits per heavy atom. The fourth-order valence-corrected chi connectivity index (χ4v) is 3.50. The van der Waals surface area contributed by atoms with Crippen LogP contribution in [0.25, 0.3) is 6.08 Å². The fraction of sp³-hybridized carbons (Fsp3) is 0.375. The van der Waals surface area contributed by atoms with Gasteiger partial charge in [0.15, 0.2) is 5.17 Å². The van der Waals surface area contributed by atoms with Gasteiger partial charge in [0.2, 0.25) is 0 Å².